The Bertz CT molecular complexity index is 372. The number of nitrogens with zero attached hydrogens (tertiary/aromatic N) is 1. The summed E-state index contributed by atoms with van der Waals surface area (Å²) in [5.74, 6) is 0.470. The highest BCUT2D eigenvalue weighted by molar-refractivity contribution is 7.81. The molecule has 0 bridgehead atoms. The van der Waals surface area contributed by atoms with Gasteiger partial charge in [0.1, 0.15) is 5.78 Å². The summed E-state index contributed by atoms with van der Waals surface area (Å²) in [5, 5.41) is 0. The van der Waals surface area contributed by atoms with Crippen molar-refractivity contribution in [2.45, 2.75) is 6.42 Å². The van der Waals surface area contributed by atoms with E-state index in [1.807, 2.05) is 12.1 Å². The Labute approximate surface area is 107 Å². The molecule has 1 aliphatic heterocycles. The van der Waals surface area contributed by atoms with Gasteiger partial charge in [-0.05, 0) is 17.7 Å². The molecule has 1 fully saturated rings. The van der Waals surface area contributed by atoms with E-state index in [1.165, 1.54) is 5.69 Å². The van der Waals surface area contributed by atoms with Gasteiger partial charge in [0.15, 0.2) is 0 Å². The monoisotopic (exact) mass is 251 g/mol. The summed E-state index contributed by atoms with van der Waals surface area (Å²) in [4.78, 5) is 13.6. The molecule has 1 saturated heterocycles. The third-order valence-corrected chi connectivity index (χ3v) is 3.24. The van der Waals surface area contributed by atoms with Crippen molar-refractivity contribution in [1.29, 1.82) is 0 Å². The highest BCUT2D eigenvalue weighted by Crippen LogP contribution is 2.17. The zero-order chi connectivity index (χ0) is 12.1. The van der Waals surface area contributed by atoms with Crippen LogP contribution in [0.5, 0.6) is 0 Å². The number of Topliss-reactive ketones (excluding diaryl/α,β-unsaturated/α-hetero) is 1. The van der Waals surface area contributed by atoms with Crippen LogP contribution in [0.15, 0.2) is 24.3 Å². The average Bonchev–Trinajstić information content (AvgIpc) is 2.40. The third-order valence-electron chi connectivity index (χ3n) is 2.89. The largest absolute Gasteiger partial charge is 0.378 e. The van der Waals surface area contributed by atoms with Crippen LogP contribution in [0.1, 0.15) is 5.56 Å². The number of anilines is 1. The van der Waals surface area contributed by atoms with Crippen molar-refractivity contribution in [2.75, 3.05) is 37.0 Å². The van der Waals surface area contributed by atoms with E-state index < -0.39 is 0 Å². The summed E-state index contributed by atoms with van der Waals surface area (Å²) in [6, 6.07) is 8.19. The fraction of sp³-hybridized carbons (Fsp3) is 0.462. The highest BCUT2D eigenvalue weighted by atomic mass is 32.1. The normalized spacial score (nSPS) is 15.9. The molecule has 2 rings (SSSR count). The van der Waals surface area contributed by atoms with E-state index in [2.05, 4.69) is 29.7 Å². The van der Waals surface area contributed by atoms with Crippen molar-refractivity contribution in [3.05, 3.63) is 29.8 Å². The molecule has 0 aromatic heterocycles. The fourth-order valence-electron chi connectivity index (χ4n) is 1.93. The van der Waals surface area contributed by atoms with E-state index >= 15 is 0 Å². The molecule has 17 heavy (non-hydrogen) atoms. The van der Waals surface area contributed by atoms with Gasteiger partial charge in [-0.25, -0.2) is 0 Å². The molecule has 1 aliphatic rings. The molecule has 0 unspecified atom stereocenters. The van der Waals surface area contributed by atoms with Crippen LogP contribution in [-0.4, -0.2) is 37.8 Å². The number of benzene rings is 1. The second kappa shape index (κ2) is 6.07. The zero-order valence-corrected chi connectivity index (χ0v) is 10.7. The maximum absolute atomic E-state index is 11.3. The van der Waals surface area contributed by atoms with Crippen molar-refractivity contribution in [3.63, 3.8) is 0 Å². The molecule has 0 saturated carbocycles. The number of hydrogen-bond donors (Lipinski definition) is 1. The quantitative estimate of drug-likeness (QED) is 0.824. The maximum atomic E-state index is 11.3. The molecule has 0 spiro atoms. The molecule has 0 atom stereocenters. The van der Waals surface area contributed by atoms with Gasteiger partial charge in [-0.2, -0.15) is 12.6 Å². The number of rotatable bonds is 4. The minimum atomic E-state index is 0.160. The van der Waals surface area contributed by atoms with Gasteiger partial charge >= 0.3 is 0 Å². The predicted molar refractivity (Wildman–Crippen MR) is 72.0 cm³/mol. The topological polar surface area (TPSA) is 29.5 Å². The maximum Gasteiger partial charge on any atom is 0.146 e. The number of carbonyl (C=O) groups excluding carboxylic acids is 1. The molecule has 0 radical (unpaired) electrons. The molecule has 92 valence electrons. The minimum absolute atomic E-state index is 0.160. The Morgan fingerprint density at radius 3 is 2.47 bits per heavy atom. The molecule has 1 heterocycles. The van der Waals surface area contributed by atoms with Gasteiger partial charge in [-0.15, -0.1) is 0 Å². The van der Waals surface area contributed by atoms with Crippen LogP contribution in [0.4, 0.5) is 5.69 Å². The van der Waals surface area contributed by atoms with Crippen LogP contribution in [0.25, 0.3) is 0 Å². The second-order valence-electron chi connectivity index (χ2n) is 4.14. The molecular formula is C13H17NO2S. The van der Waals surface area contributed by atoms with E-state index in [9.17, 15) is 4.79 Å². The Balaban J connectivity index is 1.99. The van der Waals surface area contributed by atoms with Gasteiger partial charge in [-0.3, -0.25) is 4.79 Å². The van der Waals surface area contributed by atoms with Crippen LogP contribution in [0.2, 0.25) is 0 Å². The molecule has 1 aromatic carbocycles. The summed E-state index contributed by atoms with van der Waals surface area (Å²) in [5.41, 5.74) is 2.26. The summed E-state index contributed by atoms with van der Waals surface area (Å²) >= 11 is 3.98. The van der Waals surface area contributed by atoms with Gasteiger partial charge in [0.25, 0.3) is 0 Å². The van der Waals surface area contributed by atoms with Crippen LogP contribution < -0.4 is 4.90 Å². The summed E-state index contributed by atoms with van der Waals surface area (Å²) in [6.45, 7) is 3.46. The van der Waals surface area contributed by atoms with Crippen molar-refractivity contribution in [2.24, 2.45) is 0 Å². The van der Waals surface area contributed by atoms with Gasteiger partial charge in [0, 0.05) is 31.0 Å². The lowest BCUT2D eigenvalue weighted by atomic mass is 10.1. The van der Waals surface area contributed by atoms with Crippen LogP contribution in [0, 0.1) is 0 Å². The number of thiol groups is 1. The van der Waals surface area contributed by atoms with Gasteiger partial charge in [0.05, 0.1) is 13.2 Å². The van der Waals surface area contributed by atoms with Gasteiger partial charge in [-0.1, -0.05) is 12.1 Å². The molecule has 1 aromatic rings. The lowest BCUT2D eigenvalue weighted by Gasteiger charge is -2.28. The molecular weight excluding hydrogens is 234 g/mol. The van der Waals surface area contributed by atoms with Crippen molar-refractivity contribution in [3.8, 4) is 0 Å². The van der Waals surface area contributed by atoms with Gasteiger partial charge < -0.3 is 9.64 Å². The first-order valence-corrected chi connectivity index (χ1v) is 6.47. The van der Waals surface area contributed by atoms with Gasteiger partial charge in [0.2, 0.25) is 0 Å². The first-order chi connectivity index (χ1) is 8.29. The molecule has 0 aliphatic carbocycles. The lowest BCUT2D eigenvalue weighted by Crippen LogP contribution is -2.36. The van der Waals surface area contributed by atoms with Crippen molar-refractivity contribution in [1.82, 2.24) is 0 Å². The van der Waals surface area contributed by atoms with Crippen LogP contribution in [0.3, 0.4) is 0 Å². The first-order valence-electron chi connectivity index (χ1n) is 5.84. The summed E-state index contributed by atoms with van der Waals surface area (Å²) < 4.78 is 5.32. The summed E-state index contributed by atoms with van der Waals surface area (Å²) in [7, 11) is 0. The number of morpholine rings is 1. The van der Waals surface area contributed by atoms with E-state index in [0.29, 0.717) is 12.2 Å². The smallest absolute Gasteiger partial charge is 0.146 e. The lowest BCUT2D eigenvalue weighted by molar-refractivity contribution is -0.115. The Kier molecular flexibility index (Phi) is 4.45. The number of carbonyl (C=O) groups is 1. The molecule has 0 amide bonds. The fourth-order valence-corrected chi connectivity index (χ4v) is 2.04. The zero-order valence-electron chi connectivity index (χ0n) is 9.76. The predicted octanol–water partition coefficient (Wildman–Crippen LogP) is 1.56. The van der Waals surface area contributed by atoms with Crippen molar-refractivity contribution >= 4 is 24.1 Å². The number of ether oxygens (including phenoxy) is 1. The van der Waals surface area contributed by atoms with Crippen LogP contribution in [-0.2, 0) is 16.0 Å². The molecule has 3 nitrogen and oxygen atoms in total. The summed E-state index contributed by atoms with van der Waals surface area (Å²) in [6.07, 6.45) is 0.479. The third kappa shape index (κ3) is 3.48. The molecule has 0 N–H and O–H groups in total. The molecule has 4 heteroatoms. The van der Waals surface area contributed by atoms with Crippen molar-refractivity contribution < 1.29 is 9.53 Å². The SMILES string of the molecule is O=C(CS)Cc1ccc(N2CCOCC2)cc1. The Morgan fingerprint density at radius 1 is 1.24 bits per heavy atom. The number of hydrogen-bond acceptors (Lipinski definition) is 4. The van der Waals surface area contributed by atoms with E-state index in [4.69, 9.17) is 4.74 Å². The number of ketones is 1. The van der Waals surface area contributed by atoms with E-state index in [-0.39, 0.29) is 5.78 Å². The second-order valence-corrected chi connectivity index (χ2v) is 4.46. The Hall–Kier alpha value is -1.00. The highest BCUT2D eigenvalue weighted by Gasteiger charge is 2.11. The minimum Gasteiger partial charge on any atom is -0.378 e. The van der Waals surface area contributed by atoms with Crippen LogP contribution >= 0.6 is 12.6 Å². The van der Waals surface area contributed by atoms with E-state index in [0.717, 1.165) is 31.9 Å². The first kappa shape index (κ1) is 12.5. The Morgan fingerprint density at radius 2 is 1.88 bits per heavy atom. The standard InChI is InChI=1S/C13H17NO2S/c15-13(10-17)9-11-1-3-12(4-2-11)14-5-7-16-8-6-14/h1-4,17H,5-10H2. The van der Waals surface area contributed by atoms with E-state index in [1.54, 1.807) is 0 Å². The average molecular weight is 251 g/mol.